The lowest BCUT2D eigenvalue weighted by Crippen LogP contribution is -2.47. The Morgan fingerprint density at radius 1 is 1.50 bits per heavy atom. The highest BCUT2D eigenvalue weighted by atomic mass is 35.5. The summed E-state index contributed by atoms with van der Waals surface area (Å²) in [7, 11) is 1.65. The summed E-state index contributed by atoms with van der Waals surface area (Å²) in [5, 5.41) is 15.9. The molecule has 0 spiro atoms. The third-order valence-electron chi connectivity index (χ3n) is 3.19. The van der Waals surface area contributed by atoms with E-state index in [2.05, 4.69) is 10.4 Å². The molecule has 2 rings (SSSR count). The molecule has 0 bridgehead atoms. The van der Waals surface area contributed by atoms with Crippen molar-refractivity contribution in [2.45, 2.75) is 25.8 Å². The molecule has 0 aromatic carbocycles. The summed E-state index contributed by atoms with van der Waals surface area (Å²) in [5.74, 6) is -1.47. The normalized spacial score (nSPS) is 22.4. The molecule has 1 aliphatic carbocycles. The Hall–Kier alpha value is -1.56. The predicted octanol–water partition coefficient (Wildman–Crippen LogP) is 0.975. The summed E-state index contributed by atoms with van der Waals surface area (Å²) < 4.78 is 1.43. The summed E-state index contributed by atoms with van der Waals surface area (Å²) in [6.45, 7) is 1.73. The van der Waals surface area contributed by atoms with Crippen LogP contribution in [0.1, 0.15) is 29.0 Å². The summed E-state index contributed by atoms with van der Waals surface area (Å²) >= 11 is 5.99. The van der Waals surface area contributed by atoms with E-state index in [1.54, 1.807) is 14.0 Å². The number of carbonyl (C=O) groups is 2. The molecule has 1 amide bonds. The maximum atomic E-state index is 12.0. The zero-order valence-corrected chi connectivity index (χ0v) is 10.9. The first kappa shape index (κ1) is 12.9. The van der Waals surface area contributed by atoms with Crippen molar-refractivity contribution in [1.29, 1.82) is 0 Å². The fourth-order valence-electron chi connectivity index (χ4n) is 2.07. The van der Waals surface area contributed by atoms with E-state index in [4.69, 9.17) is 16.7 Å². The Morgan fingerprint density at radius 3 is 2.56 bits per heavy atom. The van der Waals surface area contributed by atoms with E-state index >= 15 is 0 Å². The van der Waals surface area contributed by atoms with Crippen LogP contribution in [0.3, 0.4) is 0 Å². The number of nitrogens with one attached hydrogen (secondary N) is 1. The average Bonchev–Trinajstić information content (AvgIpc) is 2.45. The molecular formula is C11H14ClN3O3. The number of halogens is 1. The van der Waals surface area contributed by atoms with Gasteiger partial charge in [0.15, 0.2) is 0 Å². The maximum absolute atomic E-state index is 12.0. The van der Waals surface area contributed by atoms with Gasteiger partial charge in [-0.2, -0.15) is 5.10 Å². The second-order valence-corrected chi connectivity index (χ2v) is 4.93. The van der Waals surface area contributed by atoms with Gasteiger partial charge in [-0.1, -0.05) is 11.6 Å². The Kier molecular flexibility index (Phi) is 3.30. The van der Waals surface area contributed by atoms with Crippen molar-refractivity contribution in [3.8, 4) is 0 Å². The van der Waals surface area contributed by atoms with Gasteiger partial charge in [0.1, 0.15) is 5.69 Å². The van der Waals surface area contributed by atoms with Gasteiger partial charge in [0, 0.05) is 13.1 Å². The minimum absolute atomic E-state index is 0.0927. The van der Waals surface area contributed by atoms with Crippen LogP contribution in [0.4, 0.5) is 0 Å². The van der Waals surface area contributed by atoms with Crippen LogP contribution in [-0.2, 0) is 11.8 Å². The molecule has 1 aromatic heterocycles. The smallest absolute Gasteiger partial charge is 0.306 e. The molecule has 1 heterocycles. The van der Waals surface area contributed by atoms with Gasteiger partial charge in [-0.15, -0.1) is 0 Å². The summed E-state index contributed by atoms with van der Waals surface area (Å²) in [6.07, 6.45) is 0.936. The largest absolute Gasteiger partial charge is 0.481 e. The minimum Gasteiger partial charge on any atom is -0.481 e. The van der Waals surface area contributed by atoms with Gasteiger partial charge in [-0.05, 0) is 19.8 Å². The lowest BCUT2D eigenvalue weighted by atomic mass is 9.80. The molecule has 1 fully saturated rings. The topological polar surface area (TPSA) is 84.2 Å². The van der Waals surface area contributed by atoms with E-state index in [1.807, 2.05) is 0 Å². The maximum Gasteiger partial charge on any atom is 0.306 e. The number of carbonyl (C=O) groups excluding carboxylic acids is 1. The van der Waals surface area contributed by atoms with Crippen LogP contribution >= 0.6 is 11.6 Å². The van der Waals surface area contributed by atoms with Crippen molar-refractivity contribution in [2.75, 3.05) is 0 Å². The number of hydrogen-bond donors (Lipinski definition) is 2. The van der Waals surface area contributed by atoms with Crippen molar-refractivity contribution >= 4 is 23.5 Å². The van der Waals surface area contributed by atoms with Crippen LogP contribution in [0.25, 0.3) is 0 Å². The number of rotatable bonds is 3. The Morgan fingerprint density at radius 2 is 2.11 bits per heavy atom. The first-order valence-electron chi connectivity index (χ1n) is 5.63. The van der Waals surface area contributed by atoms with E-state index in [0.717, 1.165) is 0 Å². The molecule has 7 heteroatoms. The molecule has 18 heavy (non-hydrogen) atoms. The van der Waals surface area contributed by atoms with E-state index in [1.165, 1.54) is 4.68 Å². The number of amides is 1. The number of carboxylic acid groups (broad SMARTS) is 1. The molecule has 1 aromatic rings. The van der Waals surface area contributed by atoms with E-state index in [0.29, 0.717) is 29.3 Å². The van der Waals surface area contributed by atoms with Gasteiger partial charge in [0.2, 0.25) is 0 Å². The van der Waals surface area contributed by atoms with Crippen LogP contribution in [-0.4, -0.2) is 32.8 Å². The van der Waals surface area contributed by atoms with Crippen molar-refractivity contribution in [3.05, 3.63) is 16.4 Å². The van der Waals surface area contributed by atoms with Gasteiger partial charge >= 0.3 is 5.97 Å². The van der Waals surface area contributed by atoms with Gasteiger partial charge in [-0.3, -0.25) is 14.3 Å². The highest BCUT2D eigenvalue weighted by Gasteiger charge is 2.36. The van der Waals surface area contributed by atoms with Crippen molar-refractivity contribution < 1.29 is 14.7 Å². The monoisotopic (exact) mass is 271 g/mol. The van der Waals surface area contributed by atoms with Gasteiger partial charge in [0.05, 0.1) is 16.6 Å². The quantitative estimate of drug-likeness (QED) is 0.858. The summed E-state index contributed by atoms with van der Waals surface area (Å²) in [4.78, 5) is 22.6. The molecule has 0 atom stereocenters. The Bertz CT molecular complexity index is 506. The molecule has 6 nitrogen and oxygen atoms in total. The van der Waals surface area contributed by atoms with Crippen LogP contribution in [0.5, 0.6) is 0 Å². The fourth-order valence-corrected chi connectivity index (χ4v) is 2.32. The average molecular weight is 272 g/mol. The number of aryl methyl sites for hydroxylation is 2. The van der Waals surface area contributed by atoms with E-state index in [9.17, 15) is 9.59 Å². The lowest BCUT2D eigenvalue weighted by molar-refractivity contribution is -0.145. The van der Waals surface area contributed by atoms with E-state index in [-0.39, 0.29) is 17.9 Å². The SMILES string of the molecule is Cc1nn(C)c(C(=O)NC2CC(C(=O)O)C2)c1Cl. The number of hydrogen-bond acceptors (Lipinski definition) is 3. The first-order valence-corrected chi connectivity index (χ1v) is 6.00. The van der Waals surface area contributed by atoms with Crippen LogP contribution in [0.2, 0.25) is 5.02 Å². The Labute approximate surface area is 109 Å². The molecule has 98 valence electrons. The molecular weight excluding hydrogens is 258 g/mol. The summed E-state index contributed by atoms with van der Waals surface area (Å²) in [5.41, 5.74) is 0.911. The molecule has 0 aliphatic heterocycles. The fraction of sp³-hybridized carbons (Fsp3) is 0.545. The van der Waals surface area contributed by atoms with Gasteiger partial charge in [-0.25, -0.2) is 0 Å². The van der Waals surface area contributed by atoms with Crippen LogP contribution < -0.4 is 5.32 Å². The third kappa shape index (κ3) is 2.20. The van der Waals surface area contributed by atoms with Crippen molar-refractivity contribution in [2.24, 2.45) is 13.0 Å². The van der Waals surface area contributed by atoms with Gasteiger partial charge < -0.3 is 10.4 Å². The molecule has 0 radical (unpaired) electrons. The molecule has 0 saturated heterocycles. The molecule has 1 saturated carbocycles. The zero-order valence-electron chi connectivity index (χ0n) is 10.1. The highest BCUT2D eigenvalue weighted by molar-refractivity contribution is 6.34. The first-order chi connectivity index (χ1) is 8.40. The minimum atomic E-state index is -0.810. The Balaban J connectivity index is 1.99. The molecule has 0 unspecified atom stereocenters. The zero-order chi connectivity index (χ0) is 13.4. The summed E-state index contributed by atoms with van der Waals surface area (Å²) in [6, 6.07) is -0.0927. The second kappa shape index (κ2) is 4.61. The third-order valence-corrected chi connectivity index (χ3v) is 3.64. The highest BCUT2D eigenvalue weighted by Crippen LogP contribution is 2.28. The second-order valence-electron chi connectivity index (χ2n) is 4.55. The molecule has 1 aliphatic rings. The number of nitrogens with zero attached hydrogens (tertiary/aromatic N) is 2. The van der Waals surface area contributed by atoms with Crippen LogP contribution in [0.15, 0.2) is 0 Å². The van der Waals surface area contributed by atoms with Crippen molar-refractivity contribution in [1.82, 2.24) is 15.1 Å². The van der Waals surface area contributed by atoms with Crippen LogP contribution in [0, 0.1) is 12.8 Å². The van der Waals surface area contributed by atoms with Crippen molar-refractivity contribution in [3.63, 3.8) is 0 Å². The lowest BCUT2D eigenvalue weighted by Gasteiger charge is -2.32. The van der Waals surface area contributed by atoms with Gasteiger partial charge in [0.25, 0.3) is 5.91 Å². The standard InChI is InChI=1S/C11H14ClN3O3/c1-5-8(12)9(15(2)14-5)10(16)13-7-3-6(4-7)11(17)18/h6-7H,3-4H2,1-2H3,(H,13,16)(H,17,18). The number of carboxylic acids is 1. The number of aliphatic carboxylic acids is 1. The van der Waals surface area contributed by atoms with E-state index < -0.39 is 5.97 Å². The predicted molar refractivity (Wildman–Crippen MR) is 64.6 cm³/mol. The molecule has 2 N–H and O–H groups in total. The number of aromatic nitrogens is 2.